The van der Waals surface area contributed by atoms with E-state index in [2.05, 4.69) is 0 Å². The lowest BCUT2D eigenvalue weighted by atomic mass is 9.57. The first kappa shape index (κ1) is 30.3. The van der Waals surface area contributed by atoms with E-state index in [1.54, 1.807) is 54.6 Å². The first-order valence-corrected chi connectivity index (χ1v) is 15.6. The number of amides is 4. The molecule has 6 atom stereocenters. The molecule has 0 radical (unpaired) electrons. The van der Waals surface area contributed by atoms with Crippen LogP contribution in [-0.4, -0.2) is 47.4 Å². The van der Waals surface area contributed by atoms with Crippen LogP contribution < -0.4 is 14.5 Å². The number of anilines is 2. The predicted octanol–water partition coefficient (Wildman–Crippen LogP) is 4.85. The van der Waals surface area contributed by atoms with Gasteiger partial charge < -0.3 is 9.84 Å². The molecule has 4 amide bonds. The number of fused-ring (bicyclic) bond motifs is 4. The summed E-state index contributed by atoms with van der Waals surface area (Å²) in [5.41, 5.74) is 3.02. The molecular formula is C37H32N2O8. The summed E-state index contributed by atoms with van der Waals surface area (Å²) in [6, 6.07) is 17.3. The molecule has 2 heterocycles. The van der Waals surface area contributed by atoms with Gasteiger partial charge in [-0.1, -0.05) is 17.7 Å². The van der Waals surface area contributed by atoms with Crippen LogP contribution in [0.5, 0.6) is 11.5 Å². The number of Topliss-reactive ketones (excluding diaryl/α,β-unsaturated/α-hetero) is 2. The number of benzene rings is 3. The third-order valence-corrected chi connectivity index (χ3v) is 10.3. The van der Waals surface area contributed by atoms with Gasteiger partial charge in [-0.05, 0) is 87.2 Å². The molecule has 3 aromatic carbocycles. The van der Waals surface area contributed by atoms with Crippen LogP contribution >= 0.6 is 0 Å². The summed E-state index contributed by atoms with van der Waals surface area (Å²) in [6.07, 6.45) is 2.40. The molecule has 47 heavy (non-hydrogen) atoms. The van der Waals surface area contributed by atoms with E-state index >= 15 is 0 Å². The second-order valence-corrected chi connectivity index (χ2v) is 12.7. The van der Waals surface area contributed by atoms with Crippen molar-refractivity contribution in [2.45, 2.75) is 32.6 Å². The minimum absolute atomic E-state index is 0.0313. The van der Waals surface area contributed by atoms with E-state index < -0.39 is 47.3 Å². The number of nitrogens with zero attached hydrogens (tertiary/aromatic N) is 2. The standard InChI is InChI=1S/C37H32N2O8/c1-18(40)20-4-8-22(9-5-20)38-34(43)27-15-14-25-28(32(27)36(38)45)17-29-33(31(25)26-13-12-24(42)16-30(26)47-3)37(46)39(35(29)44)23-10-6-21(7-11-23)19(2)41/h4-14,16,27-29,31-33,42H,15,17H2,1-3H3. The van der Waals surface area contributed by atoms with Gasteiger partial charge in [0.1, 0.15) is 11.5 Å². The Hall–Kier alpha value is -5.38. The third-order valence-electron chi connectivity index (χ3n) is 10.3. The lowest BCUT2D eigenvalue weighted by molar-refractivity contribution is -0.126. The molecule has 10 heteroatoms. The van der Waals surface area contributed by atoms with Crippen LogP contribution in [0.15, 0.2) is 78.4 Å². The largest absolute Gasteiger partial charge is 0.508 e. The maximum atomic E-state index is 14.3. The van der Waals surface area contributed by atoms with Crippen LogP contribution in [0.1, 0.15) is 58.9 Å². The van der Waals surface area contributed by atoms with Gasteiger partial charge in [-0.3, -0.25) is 38.6 Å². The molecule has 4 aliphatic rings. The maximum absolute atomic E-state index is 14.3. The fourth-order valence-electron chi connectivity index (χ4n) is 8.09. The average Bonchev–Trinajstić information content (AvgIpc) is 3.47. The Bertz CT molecular complexity index is 1910. The van der Waals surface area contributed by atoms with Crippen molar-refractivity contribution in [2.75, 3.05) is 16.9 Å². The molecule has 3 fully saturated rings. The summed E-state index contributed by atoms with van der Waals surface area (Å²) >= 11 is 0. The molecule has 0 spiro atoms. The molecule has 1 N–H and O–H groups in total. The van der Waals surface area contributed by atoms with Crippen LogP contribution in [0.2, 0.25) is 0 Å². The summed E-state index contributed by atoms with van der Waals surface area (Å²) in [5.74, 6) is -5.72. The normalized spacial score (nSPS) is 26.5. The predicted molar refractivity (Wildman–Crippen MR) is 170 cm³/mol. The number of phenolic OH excluding ortho intramolecular Hbond substituents is 1. The monoisotopic (exact) mass is 632 g/mol. The Balaban J connectivity index is 1.32. The van der Waals surface area contributed by atoms with E-state index in [9.17, 15) is 33.9 Å². The smallest absolute Gasteiger partial charge is 0.238 e. The highest BCUT2D eigenvalue weighted by Gasteiger charge is 2.62. The fourth-order valence-corrected chi connectivity index (χ4v) is 8.09. The highest BCUT2D eigenvalue weighted by atomic mass is 16.5. The molecule has 2 saturated heterocycles. The van der Waals surface area contributed by atoms with Gasteiger partial charge in [-0.25, -0.2) is 0 Å². The summed E-state index contributed by atoms with van der Waals surface area (Å²) in [4.78, 5) is 82.6. The van der Waals surface area contributed by atoms with Crippen molar-refractivity contribution in [2.24, 2.45) is 29.6 Å². The number of phenols is 1. The molecule has 2 aliphatic carbocycles. The van der Waals surface area contributed by atoms with Gasteiger partial charge in [-0.2, -0.15) is 0 Å². The highest BCUT2D eigenvalue weighted by molar-refractivity contribution is 6.24. The molecule has 1 saturated carbocycles. The topological polar surface area (TPSA) is 138 Å². The number of ketones is 2. The number of imide groups is 2. The SMILES string of the molecule is COc1cc(O)ccc1C1C2=CCC3C(=O)N(c4ccc(C(C)=O)cc4)C(=O)C3C2CC2C(=O)N(c3ccc(C(C)=O)cc3)C(=O)C21. The number of hydrogen-bond donors (Lipinski definition) is 1. The van der Waals surface area contributed by atoms with E-state index in [0.717, 1.165) is 5.57 Å². The zero-order valence-electron chi connectivity index (χ0n) is 26.0. The number of hydrogen-bond acceptors (Lipinski definition) is 8. The zero-order chi connectivity index (χ0) is 33.3. The first-order chi connectivity index (χ1) is 22.5. The summed E-state index contributed by atoms with van der Waals surface area (Å²) in [6.45, 7) is 2.88. The average molecular weight is 633 g/mol. The van der Waals surface area contributed by atoms with Gasteiger partial charge >= 0.3 is 0 Å². The van der Waals surface area contributed by atoms with Crippen LogP contribution in [0, 0.1) is 29.6 Å². The van der Waals surface area contributed by atoms with Crippen molar-refractivity contribution in [3.63, 3.8) is 0 Å². The molecule has 0 bridgehead atoms. The maximum Gasteiger partial charge on any atom is 0.238 e. The Kier molecular flexibility index (Phi) is 7.18. The van der Waals surface area contributed by atoms with E-state index in [1.165, 1.54) is 42.9 Å². The van der Waals surface area contributed by atoms with Crippen molar-refractivity contribution in [1.82, 2.24) is 0 Å². The molecule has 7 rings (SSSR count). The lowest BCUT2D eigenvalue weighted by Crippen LogP contribution is -2.43. The Morgan fingerprint density at radius 1 is 0.702 bits per heavy atom. The van der Waals surface area contributed by atoms with E-state index in [1.807, 2.05) is 6.08 Å². The minimum Gasteiger partial charge on any atom is -0.508 e. The quantitative estimate of drug-likeness (QED) is 0.231. The number of carbonyl (C=O) groups excluding carboxylic acids is 6. The summed E-state index contributed by atoms with van der Waals surface area (Å²) in [5, 5.41) is 10.3. The lowest BCUT2D eigenvalue weighted by Gasteiger charge is -2.44. The molecule has 2 aliphatic heterocycles. The van der Waals surface area contributed by atoms with Gasteiger partial charge in [-0.15, -0.1) is 0 Å². The van der Waals surface area contributed by atoms with Crippen LogP contribution in [-0.2, 0) is 19.2 Å². The fraction of sp³-hybridized carbons (Fsp3) is 0.297. The minimum atomic E-state index is -0.824. The Morgan fingerprint density at radius 2 is 1.23 bits per heavy atom. The second-order valence-electron chi connectivity index (χ2n) is 12.7. The highest BCUT2D eigenvalue weighted by Crippen LogP contribution is 2.59. The second kappa shape index (κ2) is 11.2. The summed E-state index contributed by atoms with van der Waals surface area (Å²) < 4.78 is 5.66. The van der Waals surface area contributed by atoms with Crippen LogP contribution in [0.4, 0.5) is 11.4 Å². The molecule has 10 nitrogen and oxygen atoms in total. The molecule has 0 aromatic heterocycles. The van der Waals surface area contributed by atoms with Gasteiger partial charge in [0.15, 0.2) is 11.6 Å². The Labute approximate surface area is 270 Å². The zero-order valence-corrected chi connectivity index (χ0v) is 26.0. The first-order valence-electron chi connectivity index (χ1n) is 15.6. The van der Waals surface area contributed by atoms with Crippen LogP contribution in [0.3, 0.4) is 0 Å². The van der Waals surface area contributed by atoms with E-state index in [4.69, 9.17) is 4.74 Å². The molecule has 6 unspecified atom stereocenters. The number of methoxy groups -OCH3 is 1. The van der Waals surface area contributed by atoms with Crippen LogP contribution in [0.25, 0.3) is 0 Å². The van der Waals surface area contributed by atoms with Gasteiger partial charge in [0.05, 0.1) is 42.2 Å². The number of carbonyl (C=O) groups is 6. The van der Waals surface area contributed by atoms with Gasteiger partial charge in [0.25, 0.3) is 0 Å². The third kappa shape index (κ3) is 4.61. The van der Waals surface area contributed by atoms with Crippen molar-refractivity contribution in [3.8, 4) is 11.5 Å². The van der Waals surface area contributed by atoms with Gasteiger partial charge in [0.2, 0.25) is 23.6 Å². The number of aromatic hydroxyl groups is 1. The Morgan fingerprint density at radius 3 is 1.77 bits per heavy atom. The van der Waals surface area contributed by atoms with E-state index in [-0.39, 0.29) is 42.0 Å². The number of ether oxygens (including phenoxy) is 1. The number of allylic oxidation sites excluding steroid dienone is 2. The molecular weight excluding hydrogens is 600 g/mol. The van der Waals surface area contributed by atoms with Crippen molar-refractivity contribution >= 4 is 46.6 Å². The van der Waals surface area contributed by atoms with Crippen molar-refractivity contribution in [3.05, 3.63) is 95.1 Å². The number of rotatable bonds is 6. The molecule has 238 valence electrons. The van der Waals surface area contributed by atoms with E-state index in [0.29, 0.717) is 33.8 Å². The summed E-state index contributed by atoms with van der Waals surface area (Å²) in [7, 11) is 1.46. The molecule has 3 aromatic rings. The van der Waals surface area contributed by atoms with Crippen molar-refractivity contribution in [1.29, 1.82) is 0 Å². The van der Waals surface area contributed by atoms with Gasteiger partial charge in [0, 0.05) is 28.7 Å². The van der Waals surface area contributed by atoms with Crippen molar-refractivity contribution < 1.29 is 38.6 Å².